The monoisotopic (exact) mass is 548 g/mol. The summed E-state index contributed by atoms with van der Waals surface area (Å²) in [5, 5.41) is 11.5. The van der Waals surface area contributed by atoms with Crippen molar-refractivity contribution in [2.45, 2.75) is 72.0 Å². The normalized spacial score (nSPS) is 36.1. The average Bonchev–Trinajstić information content (AvgIpc) is 3.19. The maximum atomic E-state index is 13.5. The number of ether oxygens (including phenoxy) is 2. The van der Waals surface area contributed by atoms with Crippen LogP contribution in [0.5, 0.6) is 0 Å². The minimum absolute atomic E-state index is 0.00968. The van der Waals surface area contributed by atoms with E-state index >= 15 is 0 Å². The second kappa shape index (κ2) is 11.1. The van der Waals surface area contributed by atoms with Crippen molar-refractivity contribution < 1.29 is 33.8 Å². The number of fused-ring (bicyclic) bond motifs is 5. The number of Topliss-reactive ketones (excluding diaryl/α,β-unsaturated/α-hetero) is 1. The number of carbonyl (C=O) groups is 4. The summed E-state index contributed by atoms with van der Waals surface area (Å²) in [6.45, 7) is 6.18. The molecule has 0 aliphatic heterocycles. The largest absolute Gasteiger partial charge is 0.461 e. The van der Waals surface area contributed by atoms with Crippen LogP contribution in [0.4, 0.5) is 0 Å². The van der Waals surface area contributed by atoms with E-state index in [2.05, 4.69) is 20.8 Å². The Hall–Kier alpha value is -3.06. The van der Waals surface area contributed by atoms with Gasteiger partial charge in [0.25, 0.3) is 0 Å². The smallest absolute Gasteiger partial charge is 0.306 e. The number of carbonyl (C=O) groups excluding carboxylic acids is 4. The van der Waals surface area contributed by atoms with E-state index in [0.717, 1.165) is 30.4 Å². The number of esters is 2. The molecule has 5 rings (SSSR count). The lowest BCUT2D eigenvalue weighted by atomic mass is 9.46. The Kier molecular flexibility index (Phi) is 7.88. The number of aliphatic hydroxyl groups is 1. The van der Waals surface area contributed by atoms with Gasteiger partial charge in [0.15, 0.2) is 11.6 Å². The van der Waals surface area contributed by atoms with E-state index in [1.54, 1.807) is 12.2 Å². The summed E-state index contributed by atoms with van der Waals surface area (Å²) in [5.41, 5.74) is 1.24. The zero-order valence-electron chi connectivity index (χ0n) is 23.6. The second-order valence-corrected chi connectivity index (χ2v) is 12.8. The quantitative estimate of drug-likeness (QED) is 0.467. The third-order valence-corrected chi connectivity index (χ3v) is 10.3. The van der Waals surface area contributed by atoms with Crippen LogP contribution in [0.25, 0.3) is 0 Å². The number of rotatable bonds is 8. The van der Waals surface area contributed by atoms with Gasteiger partial charge in [0.2, 0.25) is 0 Å². The molecule has 214 valence electrons. The third kappa shape index (κ3) is 5.20. The van der Waals surface area contributed by atoms with Gasteiger partial charge in [-0.1, -0.05) is 62.8 Å². The Morgan fingerprint density at radius 1 is 1.05 bits per heavy atom. The predicted octanol–water partition coefficient (Wildman–Crippen LogP) is 4.76. The molecule has 0 saturated heterocycles. The predicted molar refractivity (Wildman–Crippen MR) is 147 cm³/mol. The van der Waals surface area contributed by atoms with E-state index in [1.807, 2.05) is 36.4 Å². The topological polar surface area (TPSA) is 107 Å². The van der Waals surface area contributed by atoms with Crippen molar-refractivity contribution in [1.82, 2.24) is 0 Å². The molecule has 1 aromatic rings. The van der Waals surface area contributed by atoms with E-state index in [0.29, 0.717) is 6.42 Å². The number of ketones is 2. The molecule has 40 heavy (non-hydrogen) atoms. The molecule has 0 amide bonds. The van der Waals surface area contributed by atoms with Gasteiger partial charge >= 0.3 is 11.9 Å². The van der Waals surface area contributed by atoms with Crippen molar-refractivity contribution in [1.29, 1.82) is 0 Å². The maximum Gasteiger partial charge on any atom is 0.306 e. The number of aliphatic hydroxyl groups excluding tert-OH is 1. The van der Waals surface area contributed by atoms with Crippen molar-refractivity contribution in [3.8, 4) is 0 Å². The lowest BCUT2D eigenvalue weighted by Gasteiger charge is -2.58. The van der Waals surface area contributed by atoms with Crippen molar-refractivity contribution in [2.24, 2.45) is 40.4 Å². The van der Waals surface area contributed by atoms with Crippen molar-refractivity contribution in [2.75, 3.05) is 6.61 Å². The molecule has 0 heterocycles. The van der Waals surface area contributed by atoms with E-state index < -0.39 is 23.5 Å². The van der Waals surface area contributed by atoms with Crippen LogP contribution in [0.15, 0.2) is 54.1 Å². The molecule has 0 radical (unpaired) electrons. The zero-order valence-corrected chi connectivity index (χ0v) is 23.6. The molecule has 4 aliphatic carbocycles. The van der Waals surface area contributed by atoms with Gasteiger partial charge in [-0.2, -0.15) is 0 Å². The number of benzene rings is 1. The molecule has 3 fully saturated rings. The Labute approximate surface area is 236 Å². The van der Waals surface area contributed by atoms with Gasteiger partial charge in [-0.25, -0.2) is 0 Å². The van der Waals surface area contributed by atoms with E-state index in [-0.39, 0.29) is 72.6 Å². The SMILES string of the molecule is C[C@@H]1CC2[C@@H]3CCC4=CC(=O)C=C[C@]4(C)C3[C@@H](O)C[C@]2(C)[C@H]1C(=O)COC(=O)CCC(=O)OCc1ccccc1. The van der Waals surface area contributed by atoms with Crippen LogP contribution in [0, 0.1) is 40.4 Å². The molecule has 4 aliphatic rings. The van der Waals surface area contributed by atoms with Gasteiger partial charge in [-0.15, -0.1) is 0 Å². The first-order valence-corrected chi connectivity index (χ1v) is 14.5. The lowest BCUT2D eigenvalue weighted by molar-refractivity contribution is -0.156. The van der Waals surface area contributed by atoms with Crippen LogP contribution < -0.4 is 0 Å². The van der Waals surface area contributed by atoms with E-state index in [1.165, 1.54) is 0 Å². The zero-order chi connectivity index (χ0) is 28.7. The summed E-state index contributed by atoms with van der Waals surface area (Å²) in [7, 11) is 0. The minimum Gasteiger partial charge on any atom is -0.461 e. The first-order chi connectivity index (χ1) is 19.0. The van der Waals surface area contributed by atoms with Crippen molar-refractivity contribution in [3.63, 3.8) is 0 Å². The van der Waals surface area contributed by atoms with Crippen LogP contribution in [0.2, 0.25) is 0 Å². The van der Waals surface area contributed by atoms with Gasteiger partial charge in [0.05, 0.1) is 18.9 Å². The number of hydrogen-bond donors (Lipinski definition) is 1. The standard InChI is InChI=1S/C33H40O7/c1-20-15-25-24-10-9-22-16-23(34)13-14-32(22,2)31(24)26(35)17-33(25,3)30(20)27(36)19-40-29(38)12-11-28(37)39-18-21-7-5-4-6-8-21/h4-8,13-14,16,20,24-26,30-31,35H,9-12,15,17-19H2,1-3H3/t20-,24+,25?,26+,30-,31?,32+,33+/m1/s1. The summed E-state index contributed by atoms with van der Waals surface area (Å²) >= 11 is 0. The Morgan fingerprint density at radius 3 is 2.48 bits per heavy atom. The number of hydrogen-bond acceptors (Lipinski definition) is 7. The minimum atomic E-state index is -0.598. The Morgan fingerprint density at radius 2 is 1.75 bits per heavy atom. The van der Waals surface area contributed by atoms with Crippen LogP contribution in [0.3, 0.4) is 0 Å². The molecule has 8 atom stereocenters. The van der Waals surface area contributed by atoms with Gasteiger partial charge in [-0.3, -0.25) is 19.2 Å². The molecule has 2 unspecified atom stereocenters. The summed E-state index contributed by atoms with van der Waals surface area (Å²) in [6, 6.07) is 9.30. The Bertz CT molecular complexity index is 1230. The third-order valence-electron chi connectivity index (χ3n) is 10.3. The summed E-state index contributed by atoms with van der Waals surface area (Å²) in [6.07, 6.45) is 7.64. The van der Waals surface area contributed by atoms with Crippen molar-refractivity contribution in [3.05, 3.63) is 59.7 Å². The first-order valence-electron chi connectivity index (χ1n) is 14.5. The molecule has 0 spiro atoms. The van der Waals surface area contributed by atoms with Crippen LogP contribution in [-0.2, 0) is 35.3 Å². The van der Waals surface area contributed by atoms with Gasteiger partial charge in [0, 0.05) is 17.3 Å². The summed E-state index contributed by atoms with van der Waals surface area (Å²) in [5.74, 6) is -0.876. The fourth-order valence-corrected chi connectivity index (χ4v) is 8.71. The van der Waals surface area contributed by atoms with Crippen LogP contribution in [0.1, 0.15) is 64.9 Å². The molecule has 1 aromatic carbocycles. The fourth-order valence-electron chi connectivity index (χ4n) is 8.71. The van der Waals surface area contributed by atoms with Crippen molar-refractivity contribution >= 4 is 23.5 Å². The summed E-state index contributed by atoms with van der Waals surface area (Å²) < 4.78 is 10.5. The van der Waals surface area contributed by atoms with E-state index in [4.69, 9.17) is 9.47 Å². The maximum absolute atomic E-state index is 13.5. The second-order valence-electron chi connectivity index (χ2n) is 12.8. The van der Waals surface area contributed by atoms with Gasteiger partial charge < -0.3 is 14.6 Å². The molecule has 1 N–H and O–H groups in total. The molecule has 0 aromatic heterocycles. The summed E-state index contributed by atoms with van der Waals surface area (Å²) in [4.78, 5) is 49.9. The molecular formula is C33H40O7. The highest BCUT2D eigenvalue weighted by molar-refractivity contribution is 6.01. The molecule has 0 bridgehead atoms. The molecule has 7 heteroatoms. The highest BCUT2D eigenvalue weighted by Crippen LogP contribution is 2.67. The van der Waals surface area contributed by atoms with Crippen LogP contribution in [-0.4, -0.2) is 41.3 Å². The fraction of sp³-hybridized carbons (Fsp3) is 0.576. The first kappa shape index (κ1) is 28.5. The molecule has 3 saturated carbocycles. The highest BCUT2D eigenvalue weighted by atomic mass is 16.5. The van der Waals surface area contributed by atoms with E-state index in [9.17, 15) is 24.3 Å². The molecular weight excluding hydrogens is 508 g/mol. The number of allylic oxidation sites excluding steroid dienone is 4. The molecule has 7 nitrogen and oxygen atoms in total. The van der Waals surface area contributed by atoms with Gasteiger partial charge in [0.1, 0.15) is 13.2 Å². The Balaban J connectivity index is 1.18. The van der Waals surface area contributed by atoms with Gasteiger partial charge in [-0.05, 0) is 66.6 Å². The van der Waals surface area contributed by atoms with Crippen LogP contribution >= 0.6 is 0 Å². The lowest BCUT2D eigenvalue weighted by Crippen LogP contribution is -2.56. The highest BCUT2D eigenvalue weighted by Gasteiger charge is 2.64. The average molecular weight is 549 g/mol.